The van der Waals surface area contributed by atoms with Gasteiger partial charge in [0.05, 0.1) is 13.1 Å². The first kappa shape index (κ1) is 23.1. The van der Waals surface area contributed by atoms with E-state index in [0.29, 0.717) is 30.0 Å². The van der Waals surface area contributed by atoms with E-state index in [1.807, 2.05) is 36.3 Å². The van der Waals surface area contributed by atoms with Crippen LogP contribution in [0.2, 0.25) is 0 Å². The second-order valence-electron chi connectivity index (χ2n) is 7.22. The third-order valence-electron chi connectivity index (χ3n) is 4.86. The molecule has 0 fully saturated rings. The van der Waals surface area contributed by atoms with Crippen LogP contribution in [0.25, 0.3) is 0 Å². The molecule has 0 aliphatic carbocycles. The molecule has 0 unspecified atom stereocenters. The molecule has 1 aromatic carbocycles. The monoisotopic (exact) mass is 410 g/mol. The Kier molecular flexibility index (Phi) is 8.12. The van der Waals surface area contributed by atoms with E-state index in [-0.39, 0.29) is 30.7 Å². The summed E-state index contributed by atoms with van der Waals surface area (Å²) in [5.74, 6) is -0.359. The SMILES string of the molecule is C=CCn1c(C)cc(C(=O)CN(CC)CC(=O)Nc2ccc(NC(C)=O)cc2)c1C. The molecular formula is C23H30N4O3. The van der Waals surface area contributed by atoms with Crippen molar-refractivity contribution in [2.24, 2.45) is 0 Å². The molecule has 0 aliphatic heterocycles. The van der Waals surface area contributed by atoms with E-state index < -0.39 is 0 Å². The van der Waals surface area contributed by atoms with Gasteiger partial charge in [0.15, 0.2) is 5.78 Å². The standard InChI is InChI=1S/C23H30N4O3/c1-6-12-27-16(3)13-21(17(27)4)22(29)14-26(7-2)15-23(30)25-20-10-8-19(9-11-20)24-18(5)28/h6,8-11,13H,1,7,12,14-15H2,2-5H3,(H,24,28)(H,25,30). The molecule has 7 nitrogen and oxygen atoms in total. The Balaban J connectivity index is 1.97. The number of Topliss-reactive ketones (excluding diaryl/α,β-unsaturated/α-hetero) is 1. The van der Waals surface area contributed by atoms with Gasteiger partial charge < -0.3 is 15.2 Å². The Morgan fingerprint density at radius 2 is 1.67 bits per heavy atom. The van der Waals surface area contributed by atoms with Crippen molar-refractivity contribution in [2.75, 3.05) is 30.3 Å². The molecule has 1 heterocycles. The van der Waals surface area contributed by atoms with Crippen molar-refractivity contribution in [3.05, 3.63) is 59.9 Å². The number of aromatic nitrogens is 1. The fourth-order valence-corrected chi connectivity index (χ4v) is 3.30. The van der Waals surface area contributed by atoms with Gasteiger partial charge in [-0.3, -0.25) is 19.3 Å². The van der Waals surface area contributed by atoms with Gasteiger partial charge in [-0.1, -0.05) is 13.0 Å². The van der Waals surface area contributed by atoms with Crippen LogP contribution in [-0.2, 0) is 16.1 Å². The highest BCUT2D eigenvalue weighted by molar-refractivity contribution is 5.99. The molecule has 2 amide bonds. The van der Waals surface area contributed by atoms with Crippen molar-refractivity contribution in [3.63, 3.8) is 0 Å². The van der Waals surface area contributed by atoms with Crippen LogP contribution in [0.5, 0.6) is 0 Å². The van der Waals surface area contributed by atoms with E-state index >= 15 is 0 Å². The van der Waals surface area contributed by atoms with Gasteiger partial charge in [-0.15, -0.1) is 6.58 Å². The maximum Gasteiger partial charge on any atom is 0.238 e. The first-order chi connectivity index (χ1) is 14.2. The summed E-state index contributed by atoms with van der Waals surface area (Å²) in [5, 5.41) is 5.50. The van der Waals surface area contributed by atoms with Crippen LogP contribution in [0.3, 0.4) is 0 Å². The minimum absolute atomic E-state index is 0.00674. The Morgan fingerprint density at radius 1 is 1.07 bits per heavy atom. The van der Waals surface area contributed by atoms with Crippen LogP contribution in [0, 0.1) is 13.8 Å². The highest BCUT2D eigenvalue weighted by Crippen LogP contribution is 2.17. The van der Waals surface area contributed by atoms with Crippen molar-refractivity contribution in [1.29, 1.82) is 0 Å². The Bertz CT molecular complexity index is 929. The first-order valence-corrected chi connectivity index (χ1v) is 9.95. The van der Waals surface area contributed by atoms with Crippen molar-refractivity contribution >= 4 is 29.0 Å². The van der Waals surface area contributed by atoms with E-state index in [4.69, 9.17) is 0 Å². The Hall–Kier alpha value is -3.19. The molecule has 0 atom stereocenters. The van der Waals surface area contributed by atoms with E-state index in [0.717, 1.165) is 11.4 Å². The molecule has 2 N–H and O–H groups in total. The number of allylic oxidation sites excluding steroid dienone is 1. The summed E-state index contributed by atoms with van der Waals surface area (Å²) >= 11 is 0. The van der Waals surface area contributed by atoms with Crippen LogP contribution < -0.4 is 10.6 Å². The number of hydrogen-bond acceptors (Lipinski definition) is 4. The number of nitrogens with zero attached hydrogens (tertiary/aromatic N) is 2. The molecule has 2 rings (SSSR count). The summed E-state index contributed by atoms with van der Waals surface area (Å²) < 4.78 is 2.05. The largest absolute Gasteiger partial charge is 0.345 e. The lowest BCUT2D eigenvalue weighted by molar-refractivity contribution is -0.117. The number of amides is 2. The molecule has 0 spiro atoms. The molecule has 160 valence electrons. The lowest BCUT2D eigenvalue weighted by Crippen LogP contribution is -2.37. The molecular weight excluding hydrogens is 380 g/mol. The first-order valence-electron chi connectivity index (χ1n) is 9.95. The summed E-state index contributed by atoms with van der Waals surface area (Å²) in [7, 11) is 0. The fraction of sp³-hybridized carbons (Fsp3) is 0.348. The van der Waals surface area contributed by atoms with E-state index in [1.54, 1.807) is 30.3 Å². The predicted octanol–water partition coefficient (Wildman–Crippen LogP) is 3.39. The number of carbonyl (C=O) groups is 3. The summed E-state index contributed by atoms with van der Waals surface area (Å²) in [4.78, 5) is 38.1. The molecule has 0 bridgehead atoms. The lowest BCUT2D eigenvalue weighted by Gasteiger charge is -2.19. The molecule has 0 aliphatic rings. The Labute approximate surface area is 177 Å². The number of rotatable bonds is 10. The van der Waals surface area contributed by atoms with Gasteiger partial charge in [0.1, 0.15) is 0 Å². The maximum atomic E-state index is 12.8. The van der Waals surface area contributed by atoms with Gasteiger partial charge in [0, 0.05) is 41.8 Å². The van der Waals surface area contributed by atoms with Gasteiger partial charge in [0.2, 0.25) is 11.8 Å². The fourth-order valence-electron chi connectivity index (χ4n) is 3.30. The van der Waals surface area contributed by atoms with Crippen LogP contribution in [0.1, 0.15) is 35.6 Å². The third kappa shape index (κ3) is 6.15. The predicted molar refractivity (Wildman–Crippen MR) is 120 cm³/mol. The van der Waals surface area contributed by atoms with Gasteiger partial charge in [0.25, 0.3) is 0 Å². The lowest BCUT2D eigenvalue weighted by atomic mass is 10.1. The Morgan fingerprint density at radius 3 is 2.20 bits per heavy atom. The van der Waals surface area contributed by atoms with Crippen molar-refractivity contribution < 1.29 is 14.4 Å². The van der Waals surface area contributed by atoms with Crippen molar-refractivity contribution in [3.8, 4) is 0 Å². The molecule has 1 aromatic heterocycles. The maximum absolute atomic E-state index is 12.8. The number of benzene rings is 1. The number of aryl methyl sites for hydroxylation is 1. The smallest absolute Gasteiger partial charge is 0.238 e. The quantitative estimate of drug-likeness (QED) is 0.465. The van der Waals surface area contributed by atoms with Gasteiger partial charge in [-0.05, 0) is 50.7 Å². The number of hydrogen-bond donors (Lipinski definition) is 2. The van der Waals surface area contributed by atoms with Crippen molar-refractivity contribution in [2.45, 2.75) is 34.2 Å². The van der Waals surface area contributed by atoms with Crippen LogP contribution in [-0.4, -0.2) is 46.7 Å². The second-order valence-corrected chi connectivity index (χ2v) is 7.22. The molecule has 30 heavy (non-hydrogen) atoms. The highest BCUT2D eigenvalue weighted by Gasteiger charge is 2.19. The molecule has 0 saturated heterocycles. The third-order valence-corrected chi connectivity index (χ3v) is 4.86. The average molecular weight is 411 g/mol. The van der Waals surface area contributed by atoms with E-state index in [9.17, 15) is 14.4 Å². The van der Waals surface area contributed by atoms with Crippen LogP contribution in [0.15, 0.2) is 43.0 Å². The molecule has 7 heteroatoms. The topological polar surface area (TPSA) is 83.4 Å². The molecule has 0 radical (unpaired) electrons. The summed E-state index contributed by atoms with van der Waals surface area (Å²) in [5.41, 5.74) is 3.90. The number of carbonyl (C=O) groups excluding carboxylic acids is 3. The summed E-state index contributed by atoms with van der Waals surface area (Å²) in [6.45, 7) is 12.5. The number of ketones is 1. The van der Waals surface area contributed by atoms with Gasteiger partial charge >= 0.3 is 0 Å². The minimum Gasteiger partial charge on any atom is -0.345 e. The minimum atomic E-state index is -0.200. The molecule has 2 aromatic rings. The van der Waals surface area contributed by atoms with Crippen LogP contribution in [0.4, 0.5) is 11.4 Å². The zero-order valence-electron chi connectivity index (χ0n) is 18.1. The van der Waals surface area contributed by atoms with Crippen molar-refractivity contribution in [1.82, 2.24) is 9.47 Å². The van der Waals surface area contributed by atoms with E-state index in [1.165, 1.54) is 6.92 Å². The molecule has 0 saturated carbocycles. The van der Waals surface area contributed by atoms with Gasteiger partial charge in [-0.2, -0.15) is 0 Å². The number of nitrogens with one attached hydrogen (secondary N) is 2. The van der Waals surface area contributed by atoms with Gasteiger partial charge in [-0.25, -0.2) is 0 Å². The zero-order valence-corrected chi connectivity index (χ0v) is 18.1. The van der Waals surface area contributed by atoms with Crippen LogP contribution >= 0.6 is 0 Å². The number of anilines is 2. The second kappa shape index (κ2) is 10.5. The summed E-state index contributed by atoms with van der Waals surface area (Å²) in [6.07, 6.45) is 1.81. The van der Waals surface area contributed by atoms with E-state index in [2.05, 4.69) is 17.2 Å². The number of likely N-dealkylation sites (N-methyl/N-ethyl adjacent to an activating group) is 1. The summed E-state index contributed by atoms with van der Waals surface area (Å²) in [6, 6.07) is 8.78. The highest BCUT2D eigenvalue weighted by atomic mass is 16.2. The zero-order chi connectivity index (χ0) is 22.3. The normalized spacial score (nSPS) is 10.7. The average Bonchev–Trinajstić information content (AvgIpc) is 2.97.